The van der Waals surface area contributed by atoms with Crippen LogP contribution in [0.25, 0.3) is 0 Å². The van der Waals surface area contributed by atoms with Gasteiger partial charge in [0.15, 0.2) is 0 Å². The molecule has 0 atom stereocenters. The van der Waals surface area contributed by atoms with Gasteiger partial charge in [0.25, 0.3) is 0 Å². The maximum atomic E-state index is 12.8. The highest BCUT2D eigenvalue weighted by Crippen LogP contribution is 2.25. The first-order valence-electron chi connectivity index (χ1n) is 8.68. The Morgan fingerprint density at radius 3 is 2.54 bits per heavy atom. The topological polar surface area (TPSA) is 87.2 Å². The molecular weight excluding hydrogens is 363 g/mol. The summed E-state index contributed by atoms with van der Waals surface area (Å²) in [5.41, 5.74) is -0.166. The van der Waals surface area contributed by atoms with Crippen molar-refractivity contribution in [1.82, 2.24) is 9.21 Å². The minimum absolute atomic E-state index is 0.0593. The molecule has 0 spiro atoms. The van der Waals surface area contributed by atoms with Gasteiger partial charge in [-0.25, -0.2) is 13.2 Å². The number of sulfonamides is 1. The second-order valence-corrected chi connectivity index (χ2v) is 8.04. The Hall–Kier alpha value is -1.71. The number of hydrogen-bond donors (Lipinski definition) is 1. The van der Waals surface area contributed by atoms with Gasteiger partial charge in [0.2, 0.25) is 10.0 Å². The zero-order valence-corrected chi connectivity index (χ0v) is 15.7. The molecular formula is C17H25FN2O5S. The van der Waals surface area contributed by atoms with Crippen LogP contribution < -0.4 is 4.74 Å². The number of aromatic carboxylic acids is 1. The van der Waals surface area contributed by atoms with Crippen molar-refractivity contribution in [2.75, 3.05) is 46.0 Å². The summed E-state index contributed by atoms with van der Waals surface area (Å²) >= 11 is 0. The zero-order valence-electron chi connectivity index (χ0n) is 14.9. The van der Waals surface area contributed by atoms with Crippen LogP contribution in [-0.4, -0.2) is 74.7 Å². The molecule has 26 heavy (non-hydrogen) atoms. The van der Waals surface area contributed by atoms with Crippen LogP contribution in [0.4, 0.5) is 4.39 Å². The molecule has 0 saturated carbocycles. The minimum Gasteiger partial charge on any atom is -0.493 e. The highest BCUT2D eigenvalue weighted by molar-refractivity contribution is 7.89. The van der Waals surface area contributed by atoms with E-state index >= 15 is 0 Å². The van der Waals surface area contributed by atoms with Crippen LogP contribution >= 0.6 is 0 Å². The number of halogens is 1. The van der Waals surface area contributed by atoms with Gasteiger partial charge in [-0.15, -0.1) is 0 Å². The summed E-state index contributed by atoms with van der Waals surface area (Å²) in [5, 5.41) is 9.36. The molecule has 1 aromatic rings. The molecule has 9 heteroatoms. The molecule has 0 radical (unpaired) electrons. The van der Waals surface area contributed by atoms with Crippen molar-refractivity contribution in [3.63, 3.8) is 0 Å². The van der Waals surface area contributed by atoms with Gasteiger partial charge in [0, 0.05) is 32.7 Å². The molecule has 2 rings (SSSR count). The maximum absolute atomic E-state index is 12.8. The predicted molar refractivity (Wildman–Crippen MR) is 95.0 cm³/mol. The molecule has 1 saturated heterocycles. The number of alkyl halides is 1. The highest BCUT2D eigenvalue weighted by Gasteiger charge is 2.29. The molecule has 1 aliphatic heterocycles. The number of piperazine rings is 1. The zero-order chi connectivity index (χ0) is 19.2. The van der Waals surface area contributed by atoms with Crippen molar-refractivity contribution in [2.24, 2.45) is 0 Å². The van der Waals surface area contributed by atoms with E-state index in [1.54, 1.807) is 0 Å². The molecule has 1 fully saturated rings. The van der Waals surface area contributed by atoms with Gasteiger partial charge in [0.05, 0.1) is 18.2 Å². The molecule has 7 nitrogen and oxygen atoms in total. The number of hydrogen-bond acceptors (Lipinski definition) is 5. The molecule has 0 aliphatic carbocycles. The number of nitrogens with zero attached hydrogens (tertiary/aromatic N) is 2. The van der Waals surface area contributed by atoms with Gasteiger partial charge in [-0.3, -0.25) is 4.39 Å². The number of rotatable bonds is 9. The lowest BCUT2D eigenvalue weighted by atomic mass is 10.2. The Labute approximate surface area is 153 Å². The molecule has 0 aromatic heterocycles. The summed E-state index contributed by atoms with van der Waals surface area (Å²) in [5.74, 6) is -1.07. The van der Waals surface area contributed by atoms with E-state index in [2.05, 4.69) is 0 Å². The normalized spacial score (nSPS) is 16.5. The van der Waals surface area contributed by atoms with Gasteiger partial charge in [-0.1, -0.05) is 6.92 Å². The van der Waals surface area contributed by atoms with Crippen molar-refractivity contribution < 1.29 is 27.4 Å². The Balaban J connectivity index is 2.16. The lowest BCUT2D eigenvalue weighted by molar-refractivity contribution is 0.0692. The quantitative estimate of drug-likeness (QED) is 0.695. The Morgan fingerprint density at radius 1 is 1.27 bits per heavy atom. The standard InChI is InChI=1S/C17H25FN2O5S/c1-2-12-25-16-5-4-14(13-15(16)17(21)22)26(23,24)20-10-8-19(9-11-20)7-3-6-18/h4-5,13H,2-3,6-12H2,1H3,(H,21,22). The Bertz CT molecular complexity index is 718. The fraction of sp³-hybridized carbons (Fsp3) is 0.588. The fourth-order valence-corrected chi connectivity index (χ4v) is 4.25. The molecule has 1 aliphatic rings. The summed E-state index contributed by atoms with van der Waals surface area (Å²) in [4.78, 5) is 13.4. The van der Waals surface area contributed by atoms with E-state index in [4.69, 9.17) is 4.74 Å². The van der Waals surface area contributed by atoms with Crippen LogP contribution in [0.2, 0.25) is 0 Å². The Morgan fingerprint density at radius 2 is 1.96 bits per heavy atom. The third-order valence-electron chi connectivity index (χ3n) is 4.22. The number of carboxylic acid groups (broad SMARTS) is 1. The monoisotopic (exact) mass is 388 g/mol. The SMILES string of the molecule is CCCOc1ccc(S(=O)(=O)N2CCN(CCCF)CC2)cc1C(=O)O. The average molecular weight is 388 g/mol. The summed E-state index contributed by atoms with van der Waals surface area (Å²) in [6.07, 6.45) is 1.15. The summed E-state index contributed by atoms with van der Waals surface area (Å²) in [6, 6.07) is 3.92. The number of carboxylic acids is 1. The largest absolute Gasteiger partial charge is 0.493 e. The van der Waals surface area contributed by atoms with Crippen molar-refractivity contribution in [2.45, 2.75) is 24.7 Å². The van der Waals surface area contributed by atoms with E-state index in [-0.39, 0.29) is 22.9 Å². The van der Waals surface area contributed by atoms with E-state index in [0.717, 1.165) is 6.07 Å². The van der Waals surface area contributed by atoms with E-state index < -0.39 is 16.0 Å². The second kappa shape index (κ2) is 9.29. The van der Waals surface area contributed by atoms with Crippen molar-refractivity contribution in [1.29, 1.82) is 0 Å². The first kappa shape index (κ1) is 20.6. The number of carbonyl (C=O) groups is 1. The molecule has 0 bridgehead atoms. The number of benzene rings is 1. The first-order valence-corrected chi connectivity index (χ1v) is 10.1. The summed E-state index contributed by atoms with van der Waals surface area (Å²) in [7, 11) is -3.79. The lowest BCUT2D eigenvalue weighted by Gasteiger charge is -2.33. The van der Waals surface area contributed by atoms with Gasteiger partial charge >= 0.3 is 5.97 Å². The van der Waals surface area contributed by atoms with Crippen LogP contribution in [0.3, 0.4) is 0 Å². The molecule has 0 amide bonds. The van der Waals surface area contributed by atoms with Crippen LogP contribution in [0, 0.1) is 0 Å². The first-order chi connectivity index (χ1) is 12.4. The molecule has 1 N–H and O–H groups in total. The van der Waals surface area contributed by atoms with Crippen molar-refractivity contribution >= 4 is 16.0 Å². The van der Waals surface area contributed by atoms with Crippen LogP contribution in [0.15, 0.2) is 23.1 Å². The van der Waals surface area contributed by atoms with Crippen molar-refractivity contribution in [3.8, 4) is 5.75 Å². The predicted octanol–water partition coefficient (Wildman–Crippen LogP) is 1.84. The molecule has 0 unspecified atom stereocenters. The minimum atomic E-state index is -3.79. The highest BCUT2D eigenvalue weighted by atomic mass is 32.2. The van der Waals surface area contributed by atoms with E-state index in [0.29, 0.717) is 52.2 Å². The summed E-state index contributed by atoms with van der Waals surface area (Å²) in [6.45, 7) is 4.13. The van der Waals surface area contributed by atoms with Crippen LogP contribution in [-0.2, 0) is 10.0 Å². The third kappa shape index (κ3) is 4.93. The van der Waals surface area contributed by atoms with Crippen molar-refractivity contribution in [3.05, 3.63) is 23.8 Å². The smallest absolute Gasteiger partial charge is 0.339 e. The van der Waals surface area contributed by atoms with Gasteiger partial charge in [-0.2, -0.15) is 4.31 Å². The van der Waals surface area contributed by atoms with Crippen LogP contribution in [0.1, 0.15) is 30.1 Å². The maximum Gasteiger partial charge on any atom is 0.339 e. The second-order valence-electron chi connectivity index (χ2n) is 6.10. The van der Waals surface area contributed by atoms with Gasteiger partial charge < -0.3 is 14.7 Å². The average Bonchev–Trinajstić information content (AvgIpc) is 2.64. The van der Waals surface area contributed by atoms with E-state index in [1.807, 2.05) is 11.8 Å². The molecule has 1 aromatic carbocycles. The van der Waals surface area contributed by atoms with E-state index in [1.165, 1.54) is 16.4 Å². The Kier molecular flexibility index (Phi) is 7.36. The molecule has 1 heterocycles. The molecule has 146 valence electrons. The third-order valence-corrected chi connectivity index (χ3v) is 6.11. The van der Waals surface area contributed by atoms with Crippen LogP contribution in [0.5, 0.6) is 5.75 Å². The lowest BCUT2D eigenvalue weighted by Crippen LogP contribution is -2.48. The van der Waals surface area contributed by atoms with E-state index in [9.17, 15) is 22.7 Å². The fourth-order valence-electron chi connectivity index (χ4n) is 2.80. The summed E-state index contributed by atoms with van der Waals surface area (Å²) < 4.78 is 44.6. The number of ether oxygens (including phenoxy) is 1. The van der Waals surface area contributed by atoms with Gasteiger partial charge in [-0.05, 0) is 31.0 Å². The van der Waals surface area contributed by atoms with Gasteiger partial charge in [0.1, 0.15) is 11.3 Å².